The van der Waals surface area contributed by atoms with E-state index < -0.39 is 21.8 Å². The van der Waals surface area contributed by atoms with Crippen molar-refractivity contribution in [1.29, 1.82) is 0 Å². The lowest BCUT2D eigenvalue weighted by molar-refractivity contribution is -0.175. The van der Waals surface area contributed by atoms with Crippen LogP contribution in [0.15, 0.2) is 11.1 Å². The number of carbonyl (C=O) groups is 2. The summed E-state index contributed by atoms with van der Waals surface area (Å²) in [6.07, 6.45) is 0.968. The summed E-state index contributed by atoms with van der Waals surface area (Å²) in [6, 6.07) is 0. The molecule has 0 fully saturated rings. The molecular weight excluding hydrogens is 268 g/mol. The van der Waals surface area contributed by atoms with Gasteiger partial charge in [-0.1, -0.05) is 27.7 Å². The van der Waals surface area contributed by atoms with E-state index in [9.17, 15) is 9.59 Å². The van der Waals surface area contributed by atoms with Gasteiger partial charge in [-0.3, -0.25) is 0 Å². The van der Waals surface area contributed by atoms with Crippen LogP contribution >= 0.6 is 0 Å². The highest BCUT2D eigenvalue weighted by Gasteiger charge is 2.66. The highest BCUT2D eigenvalue weighted by Crippen LogP contribution is 2.65. The van der Waals surface area contributed by atoms with E-state index in [0.29, 0.717) is 5.57 Å². The molecular formula is C17H28O4. The fourth-order valence-corrected chi connectivity index (χ4v) is 3.79. The Bertz CT molecular complexity index is 501. The third kappa shape index (κ3) is 1.84. The van der Waals surface area contributed by atoms with Gasteiger partial charge in [-0.2, -0.15) is 0 Å². The topological polar surface area (TPSA) is 52.6 Å². The van der Waals surface area contributed by atoms with Crippen LogP contribution in [0, 0.1) is 16.2 Å². The molecule has 4 heteroatoms. The van der Waals surface area contributed by atoms with E-state index in [1.165, 1.54) is 7.11 Å². The normalized spacial score (nSPS) is 34.5. The quantitative estimate of drug-likeness (QED) is 0.593. The van der Waals surface area contributed by atoms with Crippen molar-refractivity contribution in [3.63, 3.8) is 0 Å². The van der Waals surface area contributed by atoms with Gasteiger partial charge >= 0.3 is 5.97 Å². The highest BCUT2D eigenvalue weighted by molar-refractivity contribution is 5.92. The smallest absolute Gasteiger partial charge is 0.334 e. The van der Waals surface area contributed by atoms with Crippen LogP contribution in [0.4, 0.5) is 0 Å². The molecule has 1 rings (SSSR count). The molecule has 0 bridgehead atoms. The van der Waals surface area contributed by atoms with Crippen molar-refractivity contribution in [2.75, 3.05) is 14.2 Å². The molecule has 1 aliphatic rings. The van der Waals surface area contributed by atoms with Gasteiger partial charge < -0.3 is 14.3 Å². The van der Waals surface area contributed by atoms with Gasteiger partial charge in [-0.25, -0.2) is 4.79 Å². The number of carbonyl (C=O) groups excluding carboxylic acids is 2. The Hall–Kier alpha value is -1.16. The van der Waals surface area contributed by atoms with Crippen molar-refractivity contribution >= 4 is 12.3 Å². The molecule has 0 N–H and O–H groups in total. The first-order valence-electron chi connectivity index (χ1n) is 7.20. The summed E-state index contributed by atoms with van der Waals surface area (Å²) in [6.45, 7) is 13.6. The SMILES string of the molecule is COC(=O)C1=C(C)[C@@](C)(OC)[C@@](C)(C=O)C(C)(C)C1(C)C. The maximum atomic E-state index is 12.4. The molecule has 0 aromatic carbocycles. The van der Waals surface area contributed by atoms with Gasteiger partial charge in [0.1, 0.15) is 6.29 Å². The first kappa shape index (κ1) is 17.9. The zero-order valence-electron chi connectivity index (χ0n) is 14.7. The summed E-state index contributed by atoms with van der Waals surface area (Å²) in [7, 11) is 2.96. The van der Waals surface area contributed by atoms with Gasteiger partial charge in [-0.05, 0) is 31.8 Å². The standard InChI is InChI=1S/C17H28O4/c1-11-12(13(19)20-8)14(2,3)15(4,5)16(6,10-18)17(11,7)21-9/h10H,1-9H3/t16-,17+/m0/s1. The van der Waals surface area contributed by atoms with Gasteiger partial charge in [0.05, 0.1) is 18.1 Å². The monoisotopic (exact) mass is 296 g/mol. The fourth-order valence-electron chi connectivity index (χ4n) is 3.79. The number of aldehydes is 1. The summed E-state index contributed by atoms with van der Waals surface area (Å²) >= 11 is 0. The molecule has 21 heavy (non-hydrogen) atoms. The van der Waals surface area contributed by atoms with E-state index in [0.717, 1.165) is 11.9 Å². The minimum Gasteiger partial charge on any atom is -0.466 e. The summed E-state index contributed by atoms with van der Waals surface area (Å²) in [5.41, 5.74) is -1.32. The van der Waals surface area contributed by atoms with Crippen LogP contribution in [-0.4, -0.2) is 32.1 Å². The van der Waals surface area contributed by atoms with Gasteiger partial charge in [-0.15, -0.1) is 0 Å². The Morgan fingerprint density at radius 2 is 1.52 bits per heavy atom. The Morgan fingerprint density at radius 1 is 1.05 bits per heavy atom. The molecule has 2 atom stereocenters. The molecule has 1 aliphatic carbocycles. The molecule has 0 saturated carbocycles. The Kier molecular flexibility index (Phi) is 4.21. The number of esters is 1. The van der Waals surface area contributed by atoms with Crippen molar-refractivity contribution in [1.82, 2.24) is 0 Å². The van der Waals surface area contributed by atoms with Crippen molar-refractivity contribution in [3.8, 4) is 0 Å². The van der Waals surface area contributed by atoms with Crippen molar-refractivity contribution < 1.29 is 19.1 Å². The van der Waals surface area contributed by atoms with Crippen molar-refractivity contribution in [3.05, 3.63) is 11.1 Å². The minimum atomic E-state index is -0.864. The zero-order chi connectivity index (χ0) is 16.9. The molecule has 120 valence electrons. The molecule has 0 radical (unpaired) electrons. The van der Waals surface area contributed by atoms with Crippen LogP contribution in [0.2, 0.25) is 0 Å². The third-order valence-corrected chi connectivity index (χ3v) is 6.60. The molecule has 0 spiro atoms. The van der Waals surface area contributed by atoms with E-state index in [4.69, 9.17) is 9.47 Å². The van der Waals surface area contributed by atoms with Crippen LogP contribution in [0.25, 0.3) is 0 Å². The second kappa shape index (κ2) is 4.94. The summed E-state index contributed by atoms with van der Waals surface area (Å²) < 4.78 is 10.7. The van der Waals surface area contributed by atoms with Gasteiger partial charge in [0.25, 0.3) is 0 Å². The van der Waals surface area contributed by atoms with E-state index in [1.54, 1.807) is 7.11 Å². The summed E-state index contributed by atoms with van der Waals surface area (Å²) in [5, 5.41) is 0. The largest absolute Gasteiger partial charge is 0.466 e. The number of rotatable bonds is 3. The Morgan fingerprint density at radius 3 is 1.86 bits per heavy atom. The fraction of sp³-hybridized carbons (Fsp3) is 0.765. The molecule has 0 heterocycles. The van der Waals surface area contributed by atoms with Gasteiger partial charge in [0, 0.05) is 18.1 Å². The first-order chi connectivity index (χ1) is 9.39. The van der Waals surface area contributed by atoms with Crippen LogP contribution in [0.5, 0.6) is 0 Å². The molecule has 0 unspecified atom stereocenters. The number of hydrogen-bond donors (Lipinski definition) is 0. The maximum Gasteiger partial charge on any atom is 0.334 e. The zero-order valence-corrected chi connectivity index (χ0v) is 14.7. The number of ether oxygens (including phenoxy) is 2. The van der Waals surface area contributed by atoms with Gasteiger partial charge in [0.15, 0.2) is 0 Å². The van der Waals surface area contributed by atoms with Crippen molar-refractivity contribution in [2.24, 2.45) is 16.2 Å². The maximum absolute atomic E-state index is 12.4. The highest BCUT2D eigenvalue weighted by atomic mass is 16.5. The van der Waals surface area contributed by atoms with E-state index in [1.807, 2.05) is 48.5 Å². The van der Waals surface area contributed by atoms with Gasteiger partial charge in [0.2, 0.25) is 0 Å². The van der Waals surface area contributed by atoms with E-state index >= 15 is 0 Å². The molecule has 0 aliphatic heterocycles. The van der Waals surface area contributed by atoms with Crippen LogP contribution in [0.1, 0.15) is 48.5 Å². The van der Waals surface area contributed by atoms with Crippen LogP contribution in [-0.2, 0) is 19.1 Å². The second-order valence-electron chi connectivity index (χ2n) is 7.30. The lowest BCUT2D eigenvalue weighted by Gasteiger charge is -2.62. The van der Waals surface area contributed by atoms with E-state index in [2.05, 4.69) is 0 Å². The number of methoxy groups -OCH3 is 2. The summed E-state index contributed by atoms with van der Waals surface area (Å²) in [4.78, 5) is 24.4. The second-order valence-corrected chi connectivity index (χ2v) is 7.30. The lowest BCUT2D eigenvalue weighted by atomic mass is 9.43. The molecule has 0 aromatic rings. The predicted molar refractivity (Wildman–Crippen MR) is 81.9 cm³/mol. The molecule has 4 nitrogen and oxygen atoms in total. The average molecular weight is 296 g/mol. The lowest BCUT2D eigenvalue weighted by Crippen LogP contribution is -2.65. The van der Waals surface area contributed by atoms with Crippen LogP contribution < -0.4 is 0 Å². The number of hydrogen-bond acceptors (Lipinski definition) is 4. The minimum absolute atomic E-state index is 0.359. The predicted octanol–water partition coefficient (Wildman–Crippen LogP) is 3.15. The Labute approximate surface area is 127 Å². The van der Waals surface area contributed by atoms with Crippen LogP contribution in [0.3, 0.4) is 0 Å². The average Bonchev–Trinajstić information content (AvgIpc) is 2.43. The third-order valence-electron chi connectivity index (χ3n) is 6.60. The summed E-state index contributed by atoms with van der Waals surface area (Å²) in [5.74, 6) is -0.359. The van der Waals surface area contributed by atoms with E-state index in [-0.39, 0.29) is 5.97 Å². The molecule has 0 aromatic heterocycles. The molecule has 0 amide bonds. The Balaban J connectivity index is 3.91. The molecule has 0 saturated heterocycles. The van der Waals surface area contributed by atoms with Crippen molar-refractivity contribution in [2.45, 2.75) is 54.1 Å². The first-order valence-corrected chi connectivity index (χ1v) is 7.20.